The molecular weight excluding hydrogens is 310 g/mol. The van der Waals surface area contributed by atoms with E-state index in [1.807, 2.05) is 0 Å². The molecule has 96 valence electrons. The third kappa shape index (κ3) is 6.00. The van der Waals surface area contributed by atoms with Gasteiger partial charge in [0.15, 0.2) is 0 Å². The monoisotopic (exact) mass is 324 g/mol. The zero-order valence-electron chi connectivity index (χ0n) is 9.37. The summed E-state index contributed by atoms with van der Waals surface area (Å²) < 4.78 is 13.7. The quantitative estimate of drug-likeness (QED) is 0.893. The zero-order chi connectivity index (χ0) is 12.1. The predicted molar refractivity (Wildman–Crippen MR) is 71.5 cm³/mol. The van der Waals surface area contributed by atoms with Gasteiger partial charge in [-0.05, 0) is 30.7 Å². The summed E-state index contributed by atoms with van der Waals surface area (Å²) in [7, 11) is 0. The van der Waals surface area contributed by atoms with Crippen molar-refractivity contribution in [2.24, 2.45) is 5.73 Å². The molecule has 1 amide bonds. The van der Waals surface area contributed by atoms with Gasteiger partial charge in [-0.1, -0.05) is 15.9 Å². The fraction of sp³-hybridized carbons (Fsp3) is 0.364. The lowest BCUT2D eigenvalue weighted by Gasteiger charge is -2.08. The summed E-state index contributed by atoms with van der Waals surface area (Å²) in [5.41, 5.74) is 6.19. The lowest BCUT2D eigenvalue weighted by atomic mass is 10.2. The maximum atomic E-state index is 12.9. The number of carbonyl (C=O) groups is 1. The van der Waals surface area contributed by atoms with Crippen LogP contribution in [-0.4, -0.2) is 11.9 Å². The van der Waals surface area contributed by atoms with Crippen LogP contribution in [0.4, 0.5) is 4.39 Å². The van der Waals surface area contributed by atoms with Crippen molar-refractivity contribution in [2.45, 2.75) is 25.9 Å². The highest BCUT2D eigenvalue weighted by molar-refractivity contribution is 9.10. The van der Waals surface area contributed by atoms with Crippen molar-refractivity contribution in [3.05, 3.63) is 34.1 Å². The molecule has 0 aliphatic heterocycles. The Hall–Kier alpha value is -0.650. The number of carbonyl (C=O) groups excluding carboxylic acids is 1. The minimum absolute atomic E-state index is 0. The van der Waals surface area contributed by atoms with Crippen molar-refractivity contribution in [3.8, 4) is 0 Å². The van der Waals surface area contributed by atoms with E-state index >= 15 is 0 Å². The minimum Gasteiger partial charge on any atom is -0.352 e. The highest BCUT2D eigenvalue weighted by atomic mass is 79.9. The topological polar surface area (TPSA) is 55.1 Å². The number of rotatable bonds is 4. The lowest BCUT2D eigenvalue weighted by Crippen LogP contribution is -2.29. The number of hydrogen-bond acceptors (Lipinski definition) is 2. The van der Waals surface area contributed by atoms with Crippen molar-refractivity contribution in [3.63, 3.8) is 0 Å². The third-order valence-electron chi connectivity index (χ3n) is 1.99. The Balaban J connectivity index is 0.00000256. The first kappa shape index (κ1) is 16.4. The zero-order valence-corrected chi connectivity index (χ0v) is 11.8. The summed E-state index contributed by atoms with van der Waals surface area (Å²) in [6.45, 7) is 2.06. The molecule has 0 aromatic heterocycles. The maximum absolute atomic E-state index is 12.9. The van der Waals surface area contributed by atoms with Gasteiger partial charge in [-0.3, -0.25) is 4.79 Å². The summed E-state index contributed by atoms with van der Waals surface area (Å²) in [4.78, 5) is 11.3. The first-order chi connectivity index (χ1) is 7.49. The van der Waals surface area contributed by atoms with E-state index in [0.717, 1.165) is 4.47 Å². The van der Waals surface area contributed by atoms with Crippen molar-refractivity contribution in [1.29, 1.82) is 0 Å². The summed E-state index contributed by atoms with van der Waals surface area (Å²) in [5.74, 6) is -0.453. The Kier molecular flexibility index (Phi) is 7.34. The standard InChI is InChI=1S/C11H14BrFN2O.ClH/c1-7(14)4-11(16)15-6-8-5-9(13)2-3-10(8)12;/h2-3,5,7H,4,6,14H2,1H3,(H,15,16);1H. The van der Waals surface area contributed by atoms with Crippen LogP contribution in [-0.2, 0) is 11.3 Å². The normalized spacial score (nSPS) is 11.5. The van der Waals surface area contributed by atoms with Crippen LogP contribution in [0.3, 0.4) is 0 Å². The van der Waals surface area contributed by atoms with Gasteiger partial charge in [-0.2, -0.15) is 0 Å². The van der Waals surface area contributed by atoms with Gasteiger partial charge < -0.3 is 11.1 Å². The van der Waals surface area contributed by atoms with Crippen LogP contribution in [0, 0.1) is 5.82 Å². The van der Waals surface area contributed by atoms with E-state index in [0.29, 0.717) is 12.1 Å². The fourth-order valence-electron chi connectivity index (χ4n) is 1.24. The lowest BCUT2D eigenvalue weighted by molar-refractivity contribution is -0.121. The van der Waals surface area contributed by atoms with Gasteiger partial charge in [0.2, 0.25) is 5.91 Å². The molecule has 1 aromatic rings. The van der Waals surface area contributed by atoms with E-state index in [1.165, 1.54) is 12.1 Å². The Bertz CT molecular complexity index is 388. The number of nitrogens with one attached hydrogen (secondary N) is 1. The smallest absolute Gasteiger partial charge is 0.221 e. The number of hydrogen-bond donors (Lipinski definition) is 2. The van der Waals surface area contributed by atoms with E-state index in [1.54, 1.807) is 13.0 Å². The molecule has 0 radical (unpaired) electrons. The van der Waals surface area contributed by atoms with Crippen molar-refractivity contribution in [2.75, 3.05) is 0 Å². The van der Waals surface area contributed by atoms with Crippen LogP contribution in [0.15, 0.2) is 22.7 Å². The molecule has 0 heterocycles. The predicted octanol–water partition coefficient (Wildman–Crippen LogP) is 2.36. The minimum atomic E-state index is -0.320. The molecule has 0 aliphatic carbocycles. The average molecular weight is 326 g/mol. The SMILES string of the molecule is CC(N)CC(=O)NCc1cc(F)ccc1Br.Cl. The molecule has 1 rings (SSSR count). The molecule has 0 spiro atoms. The van der Waals surface area contributed by atoms with Gasteiger partial charge in [0.1, 0.15) is 5.82 Å². The summed E-state index contributed by atoms with van der Waals surface area (Å²) >= 11 is 3.29. The molecular formula is C11H15BrClFN2O. The Labute approximate surface area is 114 Å². The van der Waals surface area contributed by atoms with Gasteiger partial charge in [0.05, 0.1) is 0 Å². The first-order valence-electron chi connectivity index (χ1n) is 4.95. The molecule has 0 fully saturated rings. The maximum Gasteiger partial charge on any atom is 0.221 e. The summed E-state index contributed by atoms with van der Waals surface area (Å²) in [5, 5.41) is 2.68. The number of nitrogens with two attached hydrogens (primary N) is 1. The number of halogens is 3. The van der Waals surface area contributed by atoms with Gasteiger partial charge in [0, 0.05) is 23.5 Å². The number of benzene rings is 1. The van der Waals surface area contributed by atoms with E-state index in [4.69, 9.17) is 5.73 Å². The van der Waals surface area contributed by atoms with Crippen LogP contribution in [0.2, 0.25) is 0 Å². The van der Waals surface area contributed by atoms with E-state index in [-0.39, 0.29) is 36.6 Å². The molecule has 6 heteroatoms. The largest absolute Gasteiger partial charge is 0.352 e. The highest BCUT2D eigenvalue weighted by Gasteiger charge is 2.06. The third-order valence-corrected chi connectivity index (χ3v) is 2.76. The van der Waals surface area contributed by atoms with Gasteiger partial charge >= 0.3 is 0 Å². The average Bonchev–Trinajstić information content (AvgIpc) is 2.18. The van der Waals surface area contributed by atoms with Crippen LogP contribution in [0.25, 0.3) is 0 Å². The second-order valence-corrected chi connectivity index (χ2v) is 4.55. The molecule has 3 N–H and O–H groups in total. The first-order valence-corrected chi connectivity index (χ1v) is 5.74. The molecule has 0 saturated heterocycles. The van der Waals surface area contributed by atoms with E-state index < -0.39 is 0 Å². The summed E-state index contributed by atoms with van der Waals surface area (Å²) in [6, 6.07) is 4.19. The number of amides is 1. The molecule has 1 aromatic carbocycles. The van der Waals surface area contributed by atoms with Crippen LogP contribution < -0.4 is 11.1 Å². The van der Waals surface area contributed by atoms with Crippen LogP contribution in [0.5, 0.6) is 0 Å². The van der Waals surface area contributed by atoms with Gasteiger partial charge in [-0.15, -0.1) is 12.4 Å². The Morgan fingerprint density at radius 2 is 2.24 bits per heavy atom. The molecule has 3 nitrogen and oxygen atoms in total. The Morgan fingerprint density at radius 1 is 1.59 bits per heavy atom. The second-order valence-electron chi connectivity index (χ2n) is 3.69. The molecule has 0 saturated carbocycles. The van der Waals surface area contributed by atoms with Crippen LogP contribution >= 0.6 is 28.3 Å². The molecule has 0 aliphatic rings. The van der Waals surface area contributed by atoms with E-state index in [2.05, 4.69) is 21.2 Å². The van der Waals surface area contributed by atoms with Crippen molar-refractivity contribution >= 4 is 34.2 Å². The van der Waals surface area contributed by atoms with Crippen LogP contribution in [0.1, 0.15) is 18.9 Å². The van der Waals surface area contributed by atoms with Gasteiger partial charge in [-0.25, -0.2) is 4.39 Å². The molecule has 1 unspecified atom stereocenters. The van der Waals surface area contributed by atoms with E-state index in [9.17, 15) is 9.18 Å². The Morgan fingerprint density at radius 3 is 2.82 bits per heavy atom. The molecule has 17 heavy (non-hydrogen) atoms. The van der Waals surface area contributed by atoms with Crippen molar-refractivity contribution in [1.82, 2.24) is 5.32 Å². The summed E-state index contributed by atoms with van der Waals surface area (Å²) in [6.07, 6.45) is 0.271. The molecule has 0 bridgehead atoms. The second kappa shape index (κ2) is 7.63. The molecule has 1 atom stereocenters. The van der Waals surface area contributed by atoms with Gasteiger partial charge in [0.25, 0.3) is 0 Å². The highest BCUT2D eigenvalue weighted by Crippen LogP contribution is 2.17. The fourth-order valence-corrected chi connectivity index (χ4v) is 1.62. The van der Waals surface area contributed by atoms with Crippen molar-refractivity contribution < 1.29 is 9.18 Å².